The Kier molecular flexibility index (Phi) is 4.32. The molecule has 0 aliphatic carbocycles. The van der Waals surface area contributed by atoms with Gasteiger partial charge in [-0.2, -0.15) is 5.06 Å². The Balaban J connectivity index is 2.16. The van der Waals surface area contributed by atoms with Crippen molar-refractivity contribution in [1.29, 1.82) is 0 Å². The van der Waals surface area contributed by atoms with Crippen LogP contribution >= 0.6 is 15.9 Å². The van der Waals surface area contributed by atoms with Crippen LogP contribution in [0.3, 0.4) is 0 Å². The lowest BCUT2D eigenvalue weighted by Crippen LogP contribution is -2.51. The minimum absolute atomic E-state index is 0.0286. The SMILES string of the molecule is Cn1cc(Br)nc1C1(O)CCON(C(=O)OC(C)(C)C)C1. The van der Waals surface area contributed by atoms with E-state index in [4.69, 9.17) is 9.57 Å². The van der Waals surface area contributed by atoms with Crippen LogP contribution in [0.5, 0.6) is 0 Å². The molecular formula is C13H20BrN3O4. The number of carbonyl (C=O) groups is 1. The highest BCUT2D eigenvalue weighted by atomic mass is 79.9. The number of carbonyl (C=O) groups excluding carboxylic acids is 1. The highest BCUT2D eigenvalue weighted by Gasteiger charge is 2.42. The number of imidazole rings is 1. The standard InChI is InChI=1S/C13H20BrN3O4/c1-12(2,3)21-11(18)17-8-13(19,5-6-20-17)10-15-9(14)7-16(10)4/h7,19H,5-6,8H2,1-4H3. The van der Waals surface area contributed by atoms with Gasteiger partial charge in [-0.1, -0.05) is 0 Å². The average molecular weight is 362 g/mol. The highest BCUT2D eigenvalue weighted by molar-refractivity contribution is 9.10. The average Bonchev–Trinajstić information content (AvgIpc) is 2.67. The van der Waals surface area contributed by atoms with Gasteiger partial charge in [0.1, 0.15) is 21.6 Å². The van der Waals surface area contributed by atoms with Crippen LogP contribution < -0.4 is 0 Å². The maximum absolute atomic E-state index is 12.1. The van der Waals surface area contributed by atoms with E-state index < -0.39 is 17.3 Å². The summed E-state index contributed by atoms with van der Waals surface area (Å²) >= 11 is 3.28. The van der Waals surface area contributed by atoms with Crippen LogP contribution in [0.15, 0.2) is 10.8 Å². The molecule has 1 N–H and O–H groups in total. The minimum Gasteiger partial charge on any atom is -0.442 e. The molecule has 7 nitrogen and oxygen atoms in total. The number of amides is 1. The Labute approximate surface area is 131 Å². The molecule has 0 radical (unpaired) electrons. The largest absolute Gasteiger partial charge is 0.442 e. The van der Waals surface area contributed by atoms with Gasteiger partial charge in [0.05, 0.1) is 13.2 Å². The summed E-state index contributed by atoms with van der Waals surface area (Å²) in [6, 6.07) is 0. The van der Waals surface area contributed by atoms with Crippen LogP contribution in [0.1, 0.15) is 33.0 Å². The molecule has 1 saturated heterocycles. The molecule has 0 bridgehead atoms. The zero-order valence-electron chi connectivity index (χ0n) is 12.6. The Hall–Kier alpha value is -1.12. The van der Waals surface area contributed by atoms with E-state index in [0.717, 1.165) is 5.06 Å². The molecule has 1 aromatic rings. The van der Waals surface area contributed by atoms with Gasteiger partial charge in [0.2, 0.25) is 0 Å². The van der Waals surface area contributed by atoms with Gasteiger partial charge in [-0.25, -0.2) is 9.78 Å². The van der Waals surface area contributed by atoms with E-state index in [1.54, 1.807) is 38.6 Å². The third kappa shape index (κ3) is 3.75. The molecule has 1 aliphatic heterocycles. The molecule has 0 aromatic carbocycles. The monoisotopic (exact) mass is 361 g/mol. The molecule has 21 heavy (non-hydrogen) atoms. The molecule has 2 rings (SSSR count). The molecule has 0 saturated carbocycles. The van der Waals surface area contributed by atoms with Crippen molar-refractivity contribution in [2.24, 2.45) is 7.05 Å². The normalized spacial score (nSPS) is 23.2. The number of ether oxygens (including phenoxy) is 1. The van der Waals surface area contributed by atoms with Gasteiger partial charge in [-0.05, 0) is 36.7 Å². The van der Waals surface area contributed by atoms with Crippen LogP contribution in [0, 0.1) is 0 Å². The van der Waals surface area contributed by atoms with Crippen molar-refractivity contribution in [3.63, 3.8) is 0 Å². The maximum Gasteiger partial charge on any atom is 0.434 e. The van der Waals surface area contributed by atoms with Gasteiger partial charge in [0.15, 0.2) is 0 Å². The quantitative estimate of drug-likeness (QED) is 0.826. The van der Waals surface area contributed by atoms with Crippen molar-refractivity contribution in [2.45, 2.75) is 38.4 Å². The Morgan fingerprint density at radius 1 is 1.57 bits per heavy atom. The summed E-state index contributed by atoms with van der Waals surface area (Å²) < 4.78 is 7.61. The minimum atomic E-state index is -1.27. The predicted molar refractivity (Wildman–Crippen MR) is 78.3 cm³/mol. The summed E-state index contributed by atoms with van der Waals surface area (Å²) in [6.07, 6.45) is 1.48. The summed E-state index contributed by atoms with van der Waals surface area (Å²) in [6.45, 7) is 5.50. The first-order valence-electron chi connectivity index (χ1n) is 6.66. The van der Waals surface area contributed by atoms with E-state index in [-0.39, 0.29) is 13.2 Å². The number of aromatic nitrogens is 2. The summed E-state index contributed by atoms with van der Waals surface area (Å²) in [4.78, 5) is 21.6. The van der Waals surface area contributed by atoms with Gasteiger partial charge < -0.3 is 14.4 Å². The van der Waals surface area contributed by atoms with E-state index in [1.807, 2.05) is 0 Å². The Bertz CT molecular complexity index is 540. The molecule has 1 unspecified atom stereocenters. The highest BCUT2D eigenvalue weighted by Crippen LogP contribution is 2.30. The number of rotatable bonds is 1. The summed E-state index contributed by atoms with van der Waals surface area (Å²) in [7, 11) is 1.79. The first-order valence-corrected chi connectivity index (χ1v) is 7.45. The number of halogens is 1. The molecule has 1 atom stereocenters. The van der Waals surface area contributed by atoms with Crippen LogP contribution in [0.4, 0.5) is 4.79 Å². The molecule has 0 spiro atoms. The van der Waals surface area contributed by atoms with E-state index in [2.05, 4.69) is 20.9 Å². The summed E-state index contributed by atoms with van der Waals surface area (Å²) in [5, 5.41) is 11.9. The predicted octanol–water partition coefficient (Wildman–Crippen LogP) is 1.94. The van der Waals surface area contributed by atoms with Crippen LogP contribution in [-0.2, 0) is 22.2 Å². The van der Waals surface area contributed by atoms with E-state index in [0.29, 0.717) is 16.8 Å². The maximum atomic E-state index is 12.1. The van der Waals surface area contributed by atoms with Crippen molar-refractivity contribution in [3.05, 3.63) is 16.6 Å². The number of aliphatic hydroxyl groups is 1. The van der Waals surface area contributed by atoms with E-state index >= 15 is 0 Å². The van der Waals surface area contributed by atoms with Crippen molar-refractivity contribution in [1.82, 2.24) is 14.6 Å². The molecule has 1 aliphatic rings. The molecule has 118 valence electrons. The third-order valence-corrected chi connectivity index (χ3v) is 3.41. The van der Waals surface area contributed by atoms with Crippen LogP contribution in [0.2, 0.25) is 0 Å². The molecule has 2 heterocycles. The summed E-state index contributed by atoms with van der Waals surface area (Å²) in [5.74, 6) is 0.478. The fraction of sp³-hybridized carbons (Fsp3) is 0.692. The van der Waals surface area contributed by atoms with Crippen LogP contribution in [-0.4, -0.2) is 44.6 Å². The molecule has 1 amide bonds. The van der Waals surface area contributed by atoms with E-state index in [9.17, 15) is 9.90 Å². The zero-order valence-corrected chi connectivity index (χ0v) is 14.2. The van der Waals surface area contributed by atoms with Gasteiger partial charge in [0.25, 0.3) is 0 Å². The van der Waals surface area contributed by atoms with Crippen molar-refractivity contribution >= 4 is 22.0 Å². The first-order chi connectivity index (χ1) is 9.61. The zero-order chi connectivity index (χ0) is 15.8. The Morgan fingerprint density at radius 3 is 2.76 bits per heavy atom. The number of hydrogen-bond donors (Lipinski definition) is 1. The fourth-order valence-electron chi connectivity index (χ4n) is 2.16. The first kappa shape index (κ1) is 16.3. The molecular weight excluding hydrogens is 342 g/mol. The van der Waals surface area contributed by atoms with E-state index in [1.165, 1.54) is 0 Å². The second kappa shape index (κ2) is 5.58. The van der Waals surface area contributed by atoms with Gasteiger partial charge in [-0.3, -0.25) is 4.84 Å². The molecule has 8 heteroatoms. The number of β-amino-alcohol motifs (C(OH)–C–C–N with tert-alkyl or cyclic N) is 1. The number of hydroxylamine groups is 2. The second-order valence-electron chi connectivity index (χ2n) is 6.13. The fourth-order valence-corrected chi connectivity index (χ4v) is 2.64. The lowest BCUT2D eigenvalue weighted by molar-refractivity contribution is -0.221. The van der Waals surface area contributed by atoms with Gasteiger partial charge in [0, 0.05) is 19.7 Å². The topological polar surface area (TPSA) is 76.8 Å². The summed E-state index contributed by atoms with van der Waals surface area (Å²) in [5.41, 5.74) is -1.89. The lowest BCUT2D eigenvalue weighted by atomic mass is 9.98. The lowest BCUT2D eigenvalue weighted by Gasteiger charge is -2.38. The second-order valence-corrected chi connectivity index (χ2v) is 6.94. The Morgan fingerprint density at radius 2 is 2.24 bits per heavy atom. The smallest absolute Gasteiger partial charge is 0.434 e. The number of hydrogen-bond acceptors (Lipinski definition) is 5. The van der Waals surface area contributed by atoms with Crippen molar-refractivity contribution in [3.8, 4) is 0 Å². The van der Waals surface area contributed by atoms with Crippen molar-refractivity contribution in [2.75, 3.05) is 13.2 Å². The van der Waals surface area contributed by atoms with Gasteiger partial charge in [-0.15, -0.1) is 0 Å². The van der Waals surface area contributed by atoms with Crippen LogP contribution in [0.25, 0.3) is 0 Å². The number of nitrogens with zero attached hydrogens (tertiary/aromatic N) is 3. The molecule has 1 aromatic heterocycles. The number of aryl methyl sites for hydroxylation is 1. The van der Waals surface area contributed by atoms with Gasteiger partial charge >= 0.3 is 6.09 Å². The molecule has 1 fully saturated rings. The van der Waals surface area contributed by atoms with Crippen molar-refractivity contribution < 1.29 is 19.5 Å². The third-order valence-electron chi connectivity index (χ3n) is 3.03.